The fraction of sp³-hybridized carbons (Fsp3) is 0.387. The van der Waals surface area contributed by atoms with Crippen molar-refractivity contribution in [1.82, 2.24) is 20.2 Å². The Morgan fingerprint density at radius 3 is 2.49 bits per heavy atom. The van der Waals surface area contributed by atoms with E-state index in [1.807, 2.05) is 18.2 Å². The number of anilines is 3. The summed E-state index contributed by atoms with van der Waals surface area (Å²) in [4.78, 5) is 37.9. The van der Waals surface area contributed by atoms with Gasteiger partial charge in [-0.05, 0) is 73.6 Å². The molecule has 2 fully saturated rings. The van der Waals surface area contributed by atoms with Crippen LogP contribution in [0.25, 0.3) is 0 Å². The van der Waals surface area contributed by atoms with E-state index < -0.39 is 0 Å². The average molecular weight is 554 g/mol. The van der Waals surface area contributed by atoms with Gasteiger partial charge in [-0.15, -0.1) is 0 Å². The summed E-state index contributed by atoms with van der Waals surface area (Å²) >= 11 is 0. The molecule has 2 aromatic carbocycles. The van der Waals surface area contributed by atoms with Gasteiger partial charge in [0.15, 0.2) is 5.82 Å². The van der Waals surface area contributed by atoms with E-state index in [0.717, 1.165) is 49.5 Å². The quantitative estimate of drug-likeness (QED) is 0.425. The lowest BCUT2D eigenvalue weighted by atomic mass is 9.89. The minimum absolute atomic E-state index is 0.0145. The number of ether oxygens (including phenoxy) is 1. The third-order valence-corrected chi connectivity index (χ3v) is 7.79. The fourth-order valence-corrected chi connectivity index (χ4v) is 5.51. The number of likely N-dealkylation sites (tertiary alicyclic amines) is 1. The van der Waals surface area contributed by atoms with Crippen molar-refractivity contribution in [2.24, 2.45) is 0 Å². The molecule has 0 radical (unpaired) electrons. The largest absolute Gasteiger partial charge is 0.497 e. The van der Waals surface area contributed by atoms with Crippen LogP contribution in [0.4, 0.5) is 17.3 Å². The summed E-state index contributed by atoms with van der Waals surface area (Å²) in [5, 5.41) is 15.3. The summed E-state index contributed by atoms with van der Waals surface area (Å²) in [6.07, 6.45) is 7.07. The number of aromatic nitrogens is 2. The Bertz CT molecular complexity index is 1380. The van der Waals surface area contributed by atoms with Crippen molar-refractivity contribution in [3.63, 3.8) is 0 Å². The monoisotopic (exact) mass is 553 g/mol. The standard InChI is InChI=1S/C31H35N7O3/c1-41-27-10-6-24(7-11-27)31(40)35-26-3-2-16-38(21-26)29-20-33-19-28(36-29)34-25-8-4-22(5-9-25)23-13-17-37(18-14-23)30(39)12-15-32/h4-11,19-20,23,26H,2-3,12-14,16-18,21H2,1H3,(H,34,36)(H,35,40)/t26-/m1/s1. The van der Waals surface area contributed by atoms with Crippen LogP contribution in [0.3, 0.4) is 0 Å². The second-order valence-electron chi connectivity index (χ2n) is 10.5. The lowest BCUT2D eigenvalue weighted by Crippen LogP contribution is -2.48. The first-order valence-electron chi connectivity index (χ1n) is 14.1. The van der Waals surface area contributed by atoms with Crippen molar-refractivity contribution in [1.29, 1.82) is 5.26 Å². The van der Waals surface area contributed by atoms with Crippen molar-refractivity contribution < 1.29 is 14.3 Å². The molecule has 0 aliphatic carbocycles. The molecule has 0 bridgehead atoms. The molecule has 10 nitrogen and oxygen atoms in total. The van der Waals surface area contributed by atoms with Gasteiger partial charge in [0.1, 0.15) is 18.0 Å². The number of carbonyl (C=O) groups excluding carboxylic acids is 2. The SMILES string of the molecule is COc1ccc(C(=O)N[C@@H]2CCCN(c3cncc(Nc4ccc(C5CCN(C(=O)CC#N)CC5)cc4)n3)C2)cc1. The van der Waals surface area contributed by atoms with Gasteiger partial charge >= 0.3 is 0 Å². The van der Waals surface area contributed by atoms with Gasteiger partial charge in [-0.1, -0.05) is 12.1 Å². The van der Waals surface area contributed by atoms with Crippen LogP contribution in [0.1, 0.15) is 53.9 Å². The minimum atomic E-state index is -0.0949. The van der Waals surface area contributed by atoms with Crippen molar-refractivity contribution in [2.45, 2.75) is 44.1 Å². The summed E-state index contributed by atoms with van der Waals surface area (Å²) in [7, 11) is 1.60. The second kappa shape index (κ2) is 13.1. The van der Waals surface area contributed by atoms with Gasteiger partial charge in [0.05, 0.1) is 25.6 Å². The number of rotatable bonds is 8. The number of hydrogen-bond donors (Lipinski definition) is 2. The molecule has 0 saturated carbocycles. The Morgan fingerprint density at radius 2 is 1.78 bits per heavy atom. The molecule has 1 atom stereocenters. The number of hydrogen-bond acceptors (Lipinski definition) is 8. The van der Waals surface area contributed by atoms with E-state index >= 15 is 0 Å². The third kappa shape index (κ3) is 7.11. The molecule has 3 heterocycles. The molecule has 41 heavy (non-hydrogen) atoms. The second-order valence-corrected chi connectivity index (χ2v) is 10.5. The number of nitrogens with zero attached hydrogens (tertiary/aromatic N) is 5. The highest BCUT2D eigenvalue weighted by Gasteiger charge is 2.25. The molecule has 2 aliphatic heterocycles. The molecule has 2 amide bonds. The van der Waals surface area contributed by atoms with Gasteiger partial charge < -0.3 is 25.2 Å². The Labute approximate surface area is 240 Å². The number of benzene rings is 2. The maximum Gasteiger partial charge on any atom is 0.251 e. The maximum absolute atomic E-state index is 12.8. The lowest BCUT2D eigenvalue weighted by molar-refractivity contribution is -0.131. The minimum Gasteiger partial charge on any atom is -0.497 e. The van der Waals surface area contributed by atoms with Crippen LogP contribution in [-0.4, -0.2) is 66.0 Å². The number of nitriles is 1. The molecule has 1 aromatic heterocycles. The first-order valence-corrected chi connectivity index (χ1v) is 14.1. The van der Waals surface area contributed by atoms with Crippen LogP contribution in [0.15, 0.2) is 60.9 Å². The molecule has 0 spiro atoms. The number of carbonyl (C=O) groups is 2. The zero-order valence-corrected chi connectivity index (χ0v) is 23.3. The van der Waals surface area contributed by atoms with Crippen LogP contribution in [0, 0.1) is 11.3 Å². The van der Waals surface area contributed by atoms with E-state index in [0.29, 0.717) is 36.9 Å². The van der Waals surface area contributed by atoms with E-state index in [2.05, 4.69) is 32.7 Å². The van der Waals surface area contributed by atoms with E-state index in [1.165, 1.54) is 5.56 Å². The van der Waals surface area contributed by atoms with Crippen LogP contribution >= 0.6 is 0 Å². The van der Waals surface area contributed by atoms with Crippen molar-refractivity contribution in [3.05, 3.63) is 72.1 Å². The van der Waals surface area contributed by atoms with Gasteiger partial charge in [-0.3, -0.25) is 14.6 Å². The summed E-state index contributed by atoms with van der Waals surface area (Å²) in [6, 6.07) is 17.4. The highest BCUT2D eigenvalue weighted by Crippen LogP contribution is 2.30. The summed E-state index contributed by atoms with van der Waals surface area (Å²) in [6.45, 7) is 2.89. The van der Waals surface area contributed by atoms with E-state index in [1.54, 1.807) is 48.7 Å². The number of piperidine rings is 2. The molecule has 2 N–H and O–H groups in total. The molecular formula is C31H35N7O3. The van der Waals surface area contributed by atoms with Crippen LogP contribution < -0.4 is 20.3 Å². The average Bonchev–Trinajstić information content (AvgIpc) is 3.02. The molecule has 2 saturated heterocycles. The first kappa shape index (κ1) is 27.9. The Kier molecular flexibility index (Phi) is 8.94. The zero-order valence-electron chi connectivity index (χ0n) is 23.3. The first-order chi connectivity index (χ1) is 20.0. The van der Waals surface area contributed by atoms with Crippen LogP contribution in [0.5, 0.6) is 5.75 Å². The predicted octanol–water partition coefficient (Wildman–Crippen LogP) is 4.25. The van der Waals surface area contributed by atoms with E-state index in [4.69, 9.17) is 15.0 Å². The third-order valence-electron chi connectivity index (χ3n) is 7.79. The van der Waals surface area contributed by atoms with Crippen LogP contribution in [-0.2, 0) is 4.79 Å². The van der Waals surface area contributed by atoms with Crippen molar-refractivity contribution in [2.75, 3.05) is 43.5 Å². The van der Waals surface area contributed by atoms with Gasteiger partial charge in [-0.25, -0.2) is 4.98 Å². The normalized spacial score (nSPS) is 17.4. The van der Waals surface area contributed by atoms with Crippen molar-refractivity contribution in [3.8, 4) is 11.8 Å². The number of methoxy groups -OCH3 is 1. The molecule has 10 heteroatoms. The van der Waals surface area contributed by atoms with Gasteiger partial charge in [0, 0.05) is 43.5 Å². The highest BCUT2D eigenvalue weighted by molar-refractivity contribution is 5.94. The van der Waals surface area contributed by atoms with Gasteiger partial charge in [0.2, 0.25) is 5.91 Å². The van der Waals surface area contributed by atoms with Crippen LogP contribution in [0.2, 0.25) is 0 Å². The molecule has 3 aromatic rings. The fourth-order valence-electron chi connectivity index (χ4n) is 5.51. The van der Waals surface area contributed by atoms with E-state index in [9.17, 15) is 9.59 Å². The van der Waals surface area contributed by atoms with E-state index in [-0.39, 0.29) is 24.3 Å². The molecule has 212 valence electrons. The Balaban J connectivity index is 1.15. The van der Waals surface area contributed by atoms with Gasteiger partial charge in [0.25, 0.3) is 5.91 Å². The molecule has 5 rings (SSSR count). The topological polar surface area (TPSA) is 123 Å². The molecule has 2 aliphatic rings. The Morgan fingerprint density at radius 1 is 1.02 bits per heavy atom. The zero-order chi connectivity index (χ0) is 28.6. The summed E-state index contributed by atoms with van der Waals surface area (Å²) in [5.74, 6) is 2.37. The smallest absolute Gasteiger partial charge is 0.251 e. The molecule has 0 unspecified atom stereocenters. The number of nitrogens with one attached hydrogen (secondary N) is 2. The number of amides is 2. The summed E-state index contributed by atoms with van der Waals surface area (Å²) in [5.41, 5.74) is 2.78. The summed E-state index contributed by atoms with van der Waals surface area (Å²) < 4.78 is 5.18. The predicted molar refractivity (Wildman–Crippen MR) is 156 cm³/mol. The maximum atomic E-state index is 12.8. The van der Waals surface area contributed by atoms with Crippen molar-refractivity contribution >= 4 is 29.1 Å². The Hall–Kier alpha value is -4.65. The molecular weight excluding hydrogens is 518 g/mol. The highest BCUT2D eigenvalue weighted by atomic mass is 16.5. The lowest BCUT2D eigenvalue weighted by Gasteiger charge is -2.34. The van der Waals surface area contributed by atoms with Gasteiger partial charge in [-0.2, -0.15) is 5.26 Å².